The first-order chi connectivity index (χ1) is 14.2. The van der Waals surface area contributed by atoms with Crippen molar-refractivity contribution in [1.29, 1.82) is 0 Å². The number of hydrogen-bond acceptors (Lipinski definition) is 7. The van der Waals surface area contributed by atoms with Crippen molar-refractivity contribution in [2.75, 3.05) is 25.9 Å². The molecule has 29 heavy (non-hydrogen) atoms. The molecule has 0 bridgehead atoms. The van der Waals surface area contributed by atoms with Gasteiger partial charge in [-0.15, -0.1) is 11.3 Å². The summed E-state index contributed by atoms with van der Waals surface area (Å²) in [6.07, 6.45) is 8.01. The molecule has 0 amide bonds. The first-order valence-electron chi connectivity index (χ1n) is 9.67. The summed E-state index contributed by atoms with van der Waals surface area (Å²) in [5.41, 5.74) is 9.98. The largest absolute Gasteiger partial charge is 0.497 e. The number of piperidine rings is 1. The van der Waals surface area contributed by atoms with E-state index in [4.69, 9.17) is 15.5 Å². The van der Waals surface area contributed by atoms with Crippen LogP contribution in [0.3, 0.4) is 0 Å². The number of anilines is 1. The third kappa shape index (κ3) is 3.45. The van der Waals surface area contributed by atoms with E-state index in [1.165, 1.54) is 0 Å². The Balaban J connectivity index is 1.50. The molecule has 4 heterocycles. The van der Waals surface area contributed by atoms with Crippen LogP contribution in [0.5, 0.6) is 5.75 Å². The fourth-order valence-corrected chi connectivity index (χ4v) is 4.68. The Morgan fingerprint density at radius 1 is 1.17 bits per heavy atom. The van der Waals surface area contributed by atoms with Gasteiger partial charge >= 0.3 is 0 Å². The first kappa shape index (κ1) is 18.1. The number of benzene rings is 1. The van der Waals surface area contributed by atoms with E-state index < -0.39 is 0 Å². The van der Waals surface area contributed by atoms with Gasteiger partial charge in [-0.05, 0) is 44.1 Å². The third-order valence-corrected chi connectivity index (χ3v) is 6.43. The summed E-state index contributed by atoms with van der Waals surface area (Å²) in [6.45, 7) is 2.08. The molecular weight excluding hydrogens is 384 g/mol. The molecular formula is C21H22N6OS. The monoisotopic (exact) mass is 406 g/mol. The fourth-order valence-electron chi connectivity index (χ4n) is 3.71. The molecule has 3 N–H and O–H groups in total. The van der Waals surface area contributed by atoms with Crippen molar-refractivity contribution in [1.82, 2.24) is 25.1 Å². The van der Waals surface area contributed by atoms with Gasteiger partial charge in [0.25, 0.3) is 0 Å². The Bertz CT molecular complexity index is 1160. The molecule has 1 aliphatic heterocycles. The molecule has 5 rings (SSSR count). The Morgan fingerprint density at radius 3 is 2.86 bits per heavy atom. The lowest BCUT2D eigenvalue weighted by Gasteiger charge is -2.22. The van der Waals surface area contributed by atoms with E-state index in [1.807, 2.05) is 24.4 Å². The number of nitrogens with one attached hydrogen (secondary N) is 1. The maximum Gasteiger partial charge on any atom is 0.133 e. The van der Waals surface area contributed by atoms with Crippen molar-refractivity contribution in [2.45, 2.75) is 18.9 Å². The van der Waals surface area contributed by atoms with Gasteiger partial charge in [0.05, 0.1) is 35.1 Å². The van der Waals surface area contributed by atoms with Gasteiger partial charge in [-0.25, -0.2) is 9.97 Å². The van der Waals surface area contributed by atoms with Crippen molar-refractivity contribution in [2.24, 2.45) is 0 Å². The topological polar surface area (TPSA) is 90.9 Å². The molecule has 0 atom stereocenters. The van der Waals surface area contributed by atoms with Crippen LogP contribution in [0, 0.1) is 0 Å². The Hall–Kier alpha value is -2.97. The molecule has 0 spiro atoms. The van der Waals surface area contributed by atoms with E-state index in [9.17, 15) is 0 Å². The average Bonchev–Trinajstić information content (AvgIpc) is 3.41. The van der Waals surface area contributed by atoms with Crippen molar-refractivity contribution in [3.63, 3.8) is 0 Å². The zero-order chi connectivity index (χ0) is 19.8. The highest BCUT2D eigenvalue weighted by Crippen LogP contribution is 2.36. The Kier molecular flexibility index (Phi) is 4.65. The van der Waals surface area contributed by atoms with Crippen LogP contribution in [0.25, 0.3) is 31.9 Å². The zero-order valence-electron chi connectivity index (χ0n) is 16.1. The Labute approximate surface area is 172 Å². The average molecular weight is 407 g/mol. The summed E-state index contributed by atoms with van der Waals surface area (Å²) >= 11 is 1.60. The molecule has 0 unspecified atom stereocenters. The second-order valence-corrected chi connectivity index (χ2v) is 8.23. The first-order valence-corrected chi connectivity index (χ1v) is 10.5. The van der Waals surface area contributed by atoms with Crippen molar-refractivity contribution < 1.29 is 4.74 Å². The van der Waals surface area contributed by atoms with Gasteiger partial charge in [-0.2, -0.15) is 5.10 Å². The maximum atomic E-state index is 6.20. The highest BCUT2D eigenvalue weighted by Gasteiger charge is 2.17. The van der Waals surface area contributed by atoms with Gasteiger partial charge in [-0.1, -0.05) is 0 Å². The van der Waals surface area contributed by atoms with Crippen molar-refractivity contribution in [3.05, 3.63) is 42.9 Å². The molecule has 0 radical (unpaired) electrons. The highest BCUT2D eigenvalue weighted by atomic mass is 32.1. The van der Waals surface area contributed by atoms with Crippen LogP contribution in [0.15, 0.2) is 42.9 Å². The number of fused-ring (bicyclic) bond motifs is 1. The van der Waals surface area contributed by atoms with Crippen molar-refractivity contribution >= 4 is 27.4 Å². The number of thiazole rings is 1. The van der Waals surface area contributed by atoms with Crippen LogP contribution in [0.2, 0.25) is 0 Å². The quantitative estimate of drug-likeness (QED) is 0.537. The number of hydrogen-bond donors (Lipinski definition) is 2. The predicted octanol–water partition coefficient (Wildman–Crippen LogP) is 3.74. The lowest BCUT2D eigenvalue weighted by Crippen LogP contribution is -2.29. The number of pyridine rings is 1. The molecule has 7 nitrogen and oxygen atoms in total. The number of nitrogens with zero attached hydrogens (tertiary/aromatic N) is 4. The maximum absolute atomic E-state index is 6.20. The standard InChI is InChI=1S/C21H22N6OS/c1-28-16-2-3-19-18(9-16)26-21(29-19)17-8-13(10-24-20(17)22)14-11-25-27(12-14)15-4-6-23-7-5-15/h2-3,8-12,15,23H,4-7H2,1H3,(H2,22,24). The molecule has 8 heteroatoms. The lowest BCUT2D eigenvalue weighted by atomic mass is 10.1. The minimum atomic E-state index is 0.449. The van der Waals surface area contributed by atoms with Crippen LogP contribution in [0.4, 0.5) is 5.82 Å². The molecule has 1 saturated heterocycles. The summed E-state index contributed by atoms with van der Waals surface area (Å²) in [4.78, 5) is 9.19. The van der Waals surface area contributed by atoms with E-state index in [0.29, 0.717) is 11.9 Å². The third-order valence-electron chi connectivity index (χ3n) is 5.36. The predicted molar refractivity (Wildman–Crippen MR) is 116 cm³/mol. The van der Waals surface area contributed by atoms with Crippen LogP contribution in [0.1, 0.15) is 18.9 Å². The van der Waals surface area contributed by atoms with Crippen LogP contribution < -0.4 is 15.8 Å². The molecule has 0 saturated carbocycles. The minimum Gasteiger partial charge on any atom is -0.497 e. The molecule has 1 fully saturated rings. The van der Waals surface area contributed by atoms with Gasteiger partial charge < -0.3 is 15.8 Å². The molecule has 1 aliphatic rings. The Morgan fingerprint density at radius 2 is 2.03 bits per heavy atom. The van der Waals surface area contributed by atoms with E-state index in [2.05, 4.69) is 32.3 Å². The van der Waals surface area contributed by atoms with E-state index in [1.54, 1.807) is 24.6 Å². The number of ether oxygens (including phenoxy) is 1. The molecule has 0 aliphatic carbocycles. The molecule has 4 aromatic rings. The molecule has 1 aromatic carbocycles. The summed E-state index contributed by atoms with van der Waals surface area (Å²) in [7, 11) is 1.66. The normalized spacial score (nSPS) is 15.1. The second kappa shape index (κ2) is 7.46. The van der Waals surface area contributed by atoms with Gasteiger partial charge in [0.1, 0.15) is 16.6 Å². The molecule has 3 aromatic heterocycles. The summed E-state index contributed by atoms with van der Waals surface area (Å²) in [5.74, 6) is 1.27. The number of nitrogen functional groups attached to an aromatic ring is 1. The smallest absolute Gasteiger partial charge is 0.133 e. The van der Waals surface area contributed by atoms with Gasteiger partial charge in [-0.3, -0.25) is 4.68 Å². The minimum absolute atomic E-state index is 0.449. The molecule has 148 valence electrons. The highest BCUT2D eigenvalue weighted by molar-refractivity contribution is 7.21. The van der Waals surface area contributed by atoms with E-state index in [-0.39, 0.29) is 0 Å². The van der Waals surface area contributed by atoms with E-state index >= 15 is 0 Å². The van der Waals surface area contributed by atoms with Gasteiger partial charge in [0.2, 0.25) is 0 Å². The van der Waals surface area contributed by atoms with Gasteiger partial charge in [0, 0.05) is 29.6 Å². The van der Waals surface area contributed by atoms with Crippen LogP contribution in [-0.2, 0) is 0 Å². The van der Waals surface area contributed by atoms with Crippen LogP contribution in [-0.4, -0.2) is 39.9 Å². The fraction of sp³-hybridized carbons (Fsp3) is 0.286. The van der Waals surface area contributed by atoms with Crippen LogP contribution >= 0.6 is 11.3 Å². The van der Waals surface area contributed by atoms with Gasteiger partial charge in [0.15, 0.2) is 0 Å². The lowest BCUT2D eigenvalue weighted by molar-refractivity contribution is 0.343. The number of aromatic nitrogens is 4. The summed E-state index contributed by atoms with van der Waals surface area (Å²) < 4.78 is 8.47. The SMILES string of the molecule is COc1ccc2sc(-c3cc(-c4cnn(C5CCNCC5)c4)cnc3N)nc2c1. The second-order valence-electron chi connectivity index (χ2n) is 7.20. The number of methoxy groups -OCH3 is 1. The van der Waals surface area contributed by atoms with E-state index in [0.717, 1.165) is 63.6 Å². The number of rotatable bonds is 4. The van der Waals surface area contributed by atoms with Crippen molar-refractivity contribution in [3.8, 4) is 27.4 Å². The number of nitrogens with two attached hydrogens (primary N) is 1. The zero-order valence-corrected chi connectivity index (χ0v) is 16.9. The summed E-state index contributed by atoms with van der Waals surface area (Å²) in [6, 6.07) is 8.40. The summed E-state index contributed by atoms with van der Waals surface area (Å²) in [5, 5.41) is 8.84.